The zero-order valence-corrected chi connectivity index (χ0v) is 13.8. The van der Waals surface area contributed by atoms with Crippen molar-refractivity contribution < 1.29 is 13.6 Å². The molecule has 3 heterocycles. The number of hydrogen-bond acceptors (Lipinski definition) is 5. The van der Waals surface area contributed by atoms with Gasteiger partial charge in [0.2, 0.25) is 11.8 Å². The molecule has 0 aliphatic carbocycles. The minimum atomic E-state index is -0.185. The SMILES string of the molecule is O=C(C=Cc1ccco1)NCc1ccc(-c2nc3ncccc3o2)cc1. The summed E-state index contributed by atoms with van der Waals surface area (Å²) in [7, 11) is 0. The summed E-state index contributed by atoms with van der Waals surface area (Å²) in [6.45, 7) is 0.427. The molecule has 26 heavy (non-hydrogen) atoms. The van der Waals surface area contributed by atoms with Crippen molar-refractivity contribution in [3.63, 3.8) is 0 Å². The lowest BCUT2D eigenvalue weighted by molar-refractivity contribution is -0.116. The molecular formula is C20H15N3O3. The van der Waals surface area contributed by atoms with Crippen molar-refractivity contribution in [3.8, 4) is 11.5 Å². The maximum absolute atomic E-state index is 11.8. The summed E-state index contributed by atoms with van der Waals surface area (Å²) in [5.41, 5.74) is 3.07. The van der Waals surface area contributed by atoms with Crippen molar-refractivity contribution in [1.82, 2.24) is 15.3 Å². The molecule has 128 valence electrons. The minimum Gasteiger partial charge on any atom is -0.465 e. The van der Waals surface area contributed by atoms with Gasteiger partial charge in [0, 0.05) is 24.4 Å². The Balaban J connectivity index is 1.39. The maximum Gasteiger partial charge on any atom is 0.244 e. The van der Waals surface area contributed by atoms with Gasteiger partial charge in [-0.05, 0) is 48.0 Å². The summed E-state index contributed by atoms with van der Waals surface area (Å²) in [6, 6.07) is 14.9. The first kappa shape index (κ1) is 15.8. The molecule has 0 atom stereocenters. The molecule has 6 nitrogen and oxygen atoms in total. The van der Waals surface area contributed by atoms with E-state index < -0.39 is 0 Å². The van der Waals surface area contributed by atoms with E-state index in [1.54, 1.807) is 30.7 Å². The van der Waals surface area contributed by atoms with Crippen LogP contribution in [0.15, 0.2) is 75.9 Å². The monoisotopic (exact) mass is 345 g/mol. The molecule has 0 bridgehead atoms. The van der Waals surface area contributed by atoms with E-state index >= 15 is 0 Å². The van der Waals surface area contributed by atoms with Gasteiger partial charge in [-0.25, -0.2) is 4.98 Å². The molecule has 0 spiro atoms. The Labute approximate surface area is 149 Å². The third-order valence-corrected chi connectivity index (χ3v) is 3.77. The van der Waals surface area contributed by atoms with Gasteiger partial charge in [0.05, 0.1) is 6.26 Å². The first-order chi connectivity index (χ1) is 12.8. The van der Waals surface area contributed by atoms with Crippen molar-refractivity contribution in [2.75, 3.05) is 0 Å². The van der Waals surface area contributed by atoms with Gasteiger partial charge in [-0.3, -0.25) is 4.79 Å². The van der Waals surface area contributed by atoms with Crippen LogP contribution in [0.25, 0.3) is 28.8 Å². The van der Waals surface area contributed by atoms with E-state index in [2.05, 4.69) is 15.3 Å². The Morgan fingerprint density at radius 1 is 1.12 bits per heavy atom. The van der Waals surface area contributed by atoms with Gasteiger partial charge >= 0.3 is 0 Å². The Morgan fingerprint density at radius 2 is 2.00 bits per heavy atom. The quantitative estimate of drug-likeness (QED) is 0.556. The molecule has 3 aromatic heterocycles. The number of furan rings is 1. The topological polar surface area (TPSA) is 81.2 Å². The number of oxazole rings is 1. The number of carbonyl (C=O) groups is 1. The van der Waals surface area contributed by atoms with Crippen LogP contribution in [-0.2, 0) is 11.3 Å². The maximum atomic E-state index is 11.8. The van der Waals surface area contributed by atoms with Crippen molar-refractivity contribution in [3.05, 3.63) is 78.4 Å². The molecule has 1 amide bonds. The van der Waals surface area contributed by atoms with Crippen LogP contribution < -0.4 is 5.32 Å². The van der Waals surface area contributed by atoms with Crippen LogP contribution >= 0.6 is 0 Å². The summed E-state index contributed by atoms with van der Waals surface area (Å²) in [5, 5.41) is 2.83. The second-order valence-corrected chi connectivity index (χ2v) is 5.61. The fourth-order valence-electron chi connectivity index (χ4n) is 2.45. The summed E-state index contributed by atoms with van der Waals surface area (Å²) in [4.78, 5) is 20.4. The smallest absolute Gasteiger partial charge is 0.244 e. The summed E-state index contributed by atoms with van der Waals surface area (Å²) >= 11 is 0. The fourth-order valence-corrected chi connectivity index (χ4v) is 2.45. The van der Waals surface area contributed by atoms with Crippen LogP contribution in [0.3, 0.4) is 0 Å². The van der Waals surface area contributed by atoms with E-state index in [9.17, 15) is 4.79 Å². The molecule has 0 aliphatic rings. The third kappa shape index (κ3) is 3.54. The molecule has 1 aromatic carbocycles. The van der Waals surface area contributed by atoms with Crippen LogP contribution in [0.1, 0.15) is 11.3 Å². The fraction of sp³-hybridized carbons (Fsp3) is 0.0500. The highest BCUT2D eigenvalue weighted by Gasteiger charge is 2.08. The Kier molecular flexibility index (Phi) is 4.30. The average molecular weight is 345 g/mol. The molecule has 0 saturated heterocycles. The Hall–Kier alpha value is -3.67. The number of hydrogen-bond donors (Lipinski definition) is 1. The molecule has 0 fully saturated rings. The normalized spacial score (nSPS) is 11.2. The van der Waals surface area contributed by atoms with E-state index in [0.717, 1.165) is 11.1 Å². The zero-order valence-electron chi connectivity index (χ0n) is 13.8. The second-order valence-electron chi connectivity index (χ2n) is 5.61. The Bertz CT molecular complexity index is 1010. The summed E-state index contributed by atoms with van der Waals surface area (Å²) < 4.78 is 10.8. The predicted molar refractivity (Wildman–Crippen MR) is 96.8 cm³/mol. The highest BCUT2D eigenvalue weighted by molar-refractivity contribution is 5.91. The number of rotatable bonds is 5. The molecular weight excluding hydrogens is 330 g/mol. The van der Waals surface area contributed by atoms with Gasteiger partial charge in [0.1, 0.15) is 5.76 Å². The molecule has 4 aromatic rings. The number of fused-ring (bicyclic) bond motifs is 1. The lowest BCUT2D eigenvalue weighted by atomic mass is 10.1. The van der Waals surface area contributed by atoms with Gasteiger partial charge in [-0.2, -0.15) is 4.98 Å². The largest absolute Gasteiger partial charge is 0.465 e. The highest BCUT2D eigenvalue weighted by atomic mass is 16.3. The molecule has 4 rings (SSSR count). The predicted octanol–water partition coefficient (Wildman–Crippen LogP) is 3.81. The standard InChI is InChI=1S/C20H15N3O3/c24-18(10-9-16-3-2-12-25-16)22-13-14-5-7-15(8-6-14)20-23-19-17(26-20)4-1-11-21-19/h1-12H,13H2,(H,22,24). The first-order valence-corrected chi connectivity index (χ1v) is 8.08. The van der Waals surface area contributed by atoms with Crippen molar-refractivity contribution in [2.24, 2.45) is 0 Å². The number of pyridine rings is 1. The number of aromatic nitrogens is 2. The molecule has 0 unspecified atom stereocenters. The van der Waals surface area contributed by atoms with E-state index in [1.807, 2.05) is 36.4 Å². The van der Waals surface area contributed by atoms with Gasteiger partial charge in [0.25, 0.3) is 0 Å². The second kappa shape index (κ2) is 7.06. The number of benzene rings is 1. The molecule has 0 aliphatic heterocycles. The van der Waals surface area contributed by atoms with E-state index in [4.69, 9.17) is 8.83 Å². The number of nitrogens with one attached hydrogen (secondary N) is 1. The first-order valence-electron chi connectivity index (χ1n) is 8.08. The van der Waals surface area contributed by atoms with Crippen molar-refractivity contribution >= 4 is 23.2 Å². The Morgan fingerprint density at radius 3 is 2.77 bits per heavy atom. The third-order valence-electron chi connectivity index (χ3n) is 3.77. The van der Waals surface area contributed by atoms with Crippen LogP contribution in [-0.4, -0.2) is 15.9 Å². The molecule has 0 radical (unpaired) electrons. The van der Waals surface area contributed by atoms with E-state index in [1.165, 1.54) is 6.08 Å². The molecule has 6 heteroatoms. The van der Waals surface area contributed by atoms with Crippen molar-refractivity contribution in [2.45, 2.75) is 6.54 Å². The lowest BCUT2D eigenvalue weighted by Crippen LogP contribution is -2.20. The molecule has 1 N–H and O–H groups in total. The van der Waals surface area contributed by atoms with Crippen molar-refractivity contribution in [1.29, 1.82) is 0 Å². The lowest BCUT2D eigenvalue weighted by Gasteiger charge is -2.03. The van der Waals surface area contributed by atoms with Gasteiger partial charge in [-0.1, -0.05) is 12.1 Å². The zero-order chi connectivity index (χ0) is 17.8. The summed E-state index contributed by atoms with van der Waals surface area (Å²) in [6.07, 6.45) is 6.31. The van der Waals surface area contributed by atoms with Crippen LogP contribution in [0.2, 0.25) is 0 Å². The minimum absolute atomic E-state index is 0.185. The average Bonchev–Trinajstić information content (AvgIpc) is 3.34. The molecule has 0 saturated carbocycles. The van der Waals surface area contributed by atoms with E-state index in [0.29, 0.717) is 29.4 Å². The van der Waals surface area contributed by atoms with Gasteiger partial charge in [0.15, 0.2) is 11.2 Å². The van der Waals surface area contributed by atoms with Crippen LogP contribution in [0.5, 0.6) is 0 Å². The number of carbonyl (C=O) groups excluding carboxylic acids is 1. The van der Waals surface area contributed by atoms with Gasteiger partial charge < -0.3 is 14.2 Å². The van der Waals surface area contributed by atoms with Gasteiger partial charge in [-0.15, -0.1) is 0 Å². The summed E-state index contributed by atoms with van der Waals surface area (Å²) in [5.74, 6) is 0.975. The number of amides is 1. The van der Waals surface area contributed by atoms with Crippen LogP contribution in [0, 0.1) is 0 Å². The van der Waals surface area contributed by atoms with Crippen LogP contribution in [0.4, 0.5) is 0 Å². The number of nitrogens with zero attached hydrogens (tertiary/aromatic N) is 2. The highest BCUT2D eigenvalue weighted by Crippen LogP contribution is 2.23. The van der Waals surface area contributed by atoms with E-state index in [-0.39, 0.29) is 5.91 Å².